The Morgan fingerprint density at radius 1 is 1.14 bits per heavy atom. The van der Waals surface area contributed by atoms with Gasteiger partial charge in [-0.3, -0.25) is 4.79 Å². The first-order valence-electron chi connectivity index (χ1n) is 9.13. The highest BCUT2D eigenvalue weighted by atomic mass is 32.1. The quantitative estimate of drug-likeness (QED) is 0.640. The number of hydrogen-bond donors (Lipinski definition) is 1. The fraction of sp³-hybridized carbons (Fsp3) is 0.286. The number of ether oxygens (including phenoxy) is 1. The molecule has 1 saturated heterocycles. The Morgan fingerprint density at radius 3 is 2.61 bits per heavy atom. The molecule has 0 bridgehead atoms. The number of rotatable bonds is 5. The number of halogens is 2. The predicted molar refractivity (Wildman–Crippen MR) is 108 cm³/mol. The second kappa shape index (κ2) is 7.85. The van der Waals surface area contributed by atoms with E-state index in [2.05, 4.69) is 10.2 Å². The number of nitrogens with zero attached hydrogens (tertiary/aromatic N) is 1. The molecule has 0 atom stereocenters. The molecule has 0 spiro atoms. The van der Waals surface area contributed by atoms with Gasteiger partial charge in [0.25, 0.3) is 5.91 Å². The van der Waals surface area contributed by atoms with E-state index < -0.39 is 17.5 Å². The van der Waals surface area contributed by atoms with Crippen LogP contribution in [0.15, 0.2) is 36.4 Å². The third-order valence-corrected chi connectivity index (χ3v) is 6.13. The molecule has 2 aromatic carbocycles. The van der Waals surface area contributed by atoms with Crippen LogP contribution in [0, 0.1) is 11.6 Å². The van der Waals surface area contributed by atoms with Crippen LogP contribution in [0.2, 0.25) is 0 Å². The van der Waals surface area contributed by atoms with E-state index in [4.69, 9.17) is 4.74 Å². The average molecular weight is 402 g/mol. The van der Waals surface area contributed by atoms with Crippen LogP contribution < -0.4 is 10.2 Å². The Hall–Kier alpha value is -2.51. The molecule has 0 aliphatic carbocycles. The first-order valence-corrected chi connectivity index (χ1v) is 9.95. The zero-order valence-corrected chi connectivity index (χ0v) is 16.2. The van der Waals surface area contributed by atoms with Crippen LogP contribution in [-0.4, -0.2) is 26.1 Å². The molecule has 146 valence electrons. The summed E-state index contributed by atoms with van der Waals surface area (Å²) in [4.78, 5) is 15.4. The van der Waals surface area contributed by atoms with Crippen molar-refractivity contribution < 1.29 is 18.3 Å². The Bertz CT molecular complexity index is 1030. The van der Waals surface area contributed by atoms with E-state index in [1.165, 1.54) is 30.6 Å². The number of hydrogen-bond acceptors (Lipinski definition) is 4. The molecule has 1 N–H and O–H groups in total. The van der Waals surface area contributed by atoms with Gasteiger partial charge in [-0.1, -0.05) is 12.1 Å². The lowest BCUT2D eigenvalue weighted by Gasteiger charge is -2.22. The van der Waals surface area contributed by atoms with Crippen LogP contribution >= 0.6 is 11.3 Å². The highest BCUT2D eigenvalue weighted by Gasteiger charge is 2.24. The lowest BCUT2D eigenvalue weighted by molar-refractivity contribution is 0.102. The second-order valence-corrected chi connectivity index (χ2v) is 7.79. The number of methoxy groups -OCH3 is 1. The van der Waals surface area contributed by atoms with Gasteiger partial charge >= 0.3 is 0 Å². The van der Waals surface area contributed by atoms with E-state index in [0.29, 0.717) is 26.2 Å². The van der Waals surface area contributed by atoms with Gasteiger partial charge in [0.2, 0.25) is 0 Å². The normalized spacial score (nSPS) is 14.0. The van der Waals surface area contributed by atoms with E-state index in [0.717, 1.165) is 25.9 Å². The van der Waals surface area contributed by atoms with Crippen LogP contribution in [-0.2, 0) is 11.3 Å². The molecule has 0 unspecified atom stereocenters. The third kappa shape index (κ3) is 3.36. The predicted octanol–water partition coefficient (Wildman–Crippen LogP) is 5.18. The van der Waals surface area contributed by atoms with Crippen LogP contribution in [0.3, 0.4) is 0 Å². The van der Waals surface area contributed by atoms with Crippen molar-refractivity contribution in [2.24, 2.45) is 0 Å². The minimum absolute atomic E-state index is 0.0972. The second-order valence-electron chi connectivity index (χ2n) is 6.74. The van der Waals surface area contributed by atoms with E-state index in [1.54, 1.807) is 18.2 Å². The van der Waals surface area contributed by atoms with Gasteiger partial charge < -0.3 is 15.0 Å². The van der Waals surface area contributed by atoms with Crippen molar-refractivity contribution in [3.63, 3.8) is 0 Å². The van der Waals surface area contributed by atoms with E-state index in [9.17, 15) is 13.6 Å². The van der Waals surface area contributed by atoms with Crippen molar-refractivity contribution >= 4 is 38.7 Å². The molecule has 28 heavy (non-hydrogen) atoms. The van der Waals surface area contributed by atoms with Crippen molar-refractivity contribution in [2.75, 3.05) is 30.4 Å². The van der Waals surface area contributed by atoms with Crippen molar-refractivity contribution in [1.29, 1.82) is 0 Å². The molecule has 7 heteroatoms. The fourth-order valence-corrected chi connectivity index (χ4v) is 4.78. The number of carbonyl (C=O) groups excluding carboxylic acids is 1. The summed E-state index contributed by atoms with van der Waals surface area (Å²) in [7, 11) is 1.49. The van der Waals surface area contributed by atoms with Gasteiger partial charge in [-0.2, -0.15) is 0 Å². The summed E-state index contributed by atoms with van der Waals surface area (Å²) in [5, 5.41) is 3.11. The number of para-hydroxylation sites is 1. The number of thiophene rings is 1. The molecule has 1 amide bonds. The van der Waals surface area contributed by atoms with Gasteiger partial charge in [0, 0.05) is 35.8 Å². The van der Waals surface area contributed by atoms with E-state index in [1.807, 2.05) is 6.07 Å². The molecule has 4 rings (SSSR count). The van der Waals surface area contributed by atoms with Crippen LogP contribution in [0.5, 0.6) is 0 Å². The molecule has 1 aliphatic heterocycles. The van der Waals surface area contributed by atoms with Crippen LogP contribution in [0.4, 0.5) is 20.2 Å². The van der Waals surface area contributed by atoms with Crippen LogP contribution in [0.25, 0.3) is 10.1 Å². The van der Waals surface area contributed by atoms with Crippen molar-refractivity contribution in [3.05, 3.63) is 58.5 Å². The topological polar surface area (TPSA) is 41.6 Å². The highest BCUT2D eigenvalue weighted by molar-refractivity contribution is 7.21. The third-order valence-electron chi connectivity index (χ3n) is 4.94. The summed E-state index contributed by atoms with van der Waals surface area (Å²) in [6, 6.07) is 9.51. The summed E-state index contributed by atoms with van der Waals surface area (Å²) in [5.41, 5.74) is 1.32. The van der Waals surface area contributed by atoms with Crippen molar-refractivity contribution in [2.45, 2.75) is 19.4 Å². The minimum atomic E-state index is -0.488. The Labute approximate surface area is 165 Å². The number of amides is 1. The zero-order valence-electron chi connectivity index (χ0n) is 15.4. The van der Waals surface area contributed by atoms with Gasteiger partial charge in [0.1, 0.15) is 17.3 Å². The Kier molecular flexibility index (Phi) is 5.28. The molecule has 0 radical (unpaired) electrons. The first-order chi connectivity index (χ1) is 13.6. The fourth-order valence-electron chi connectivity index (χ4n) is 3.66. The summed E-state index contributed by atoms with van der Waals surface area (Å²) in [6.07, 6.45) is 2.08. The SMILES string of the molecule is COCc1c(C(=O)Nc2c(F)cccc2N2CCCC2)sc2cccc(F)c12. The van der Waals surface area contributed by atoms with Gasteiger partial charge in [-0.05, 0) is 37.1 Å². The molecular formula is C21H20F2N2O2S. The molecule has 2 heterocycles. The molecule has 0 saturated carbocycles. The summed E-state index contributed by atoms with van der Waals surface area (Å²) >= 11 is 1.18. The summed E-state index contributed by atoms with van der Waals surface area (Å²) < 4.78 is 34.8. The highest BCUT2D eigenvalue weighted by Crippen LogP contribution is 2.36. The molecule has 1 fully saturated rings. The number of fused-ring (bicyclic) bond motifs is 1. The molecule has 3 aromatic rings. The van der Waals surface area contributed by atoms with Crippen molar-refractivity contribution in [1.82, 2.24) is 0 Å². The maximum absolute atomic E-state index is 14.6. The van der Waals surface area contributed by atoms with Gasteiger partial charge in [-0.15, -0.1) is 11.3 Å². The zero-order chi connectivity index (χ0) is 19.7. The standard InChI is InChI=1S/C21H20F2N2O2S/c1-27-12-13-18-14(22)6-5-9-17(18)28-20(13)21(26)24-19-15(23)7-4-8-16(19)25-10-2-3-11-25/h4-9H,2-3,10-12H2,1H3,(H,24,26). The largest absolute Gasteiger partial charge is 0.380 e. The monoisotopic (exact) mass is 402 g/mol. The molecule has 4 nitrogen and oxygen atoms in total. The molecule has 1 aromatic heterocycles. The average Bonchev–Trinajstić information content (AvgIpc) is 3.33. The number of carbonyl (C=O) groups is 1. The lowest BCUT2D eigenvalue weighted by Crippen LogP contribution is -2.22. The summed E-state index contributed by atoms with van der Waals surface area (Å²) in [5.74, 6) is -1.35. The van der Waals surface area contributed by atoms with Gasteiger partial charge in [0.05, 0.1) is 17.2 Å². The maximum Gasteiger partial charge on any atom is 0.266 e. The van der Waals surface area contributed by atoms with Gasteiger partial charge in [0.15, 0.2) is 0 Å². The smallest absolute Gasteiger partial charge is 0.266 e. The maximum atomic E-state index is 14.6. The Morgan fingerprint density at radius 2 is 1.86 bits per heavy atom. The lowest BCUT2D eigenvalue weighted by atomic mass is 10.1. The summed E-state index contributed by atoms with van der Waals surface area (Å²) in [6.45, 7) is 1.75. The number of benzene rings is 2. The van der Waals surface area contributed by atoms with Crippen molar-refractivity contribution in [3.8, 4) is 0 Å². The van der Waals surface area contributed by atoms with Crippen LogP contribution in [0.1, 0.15) is 28.1 Å². The molecular weight excluding hydrogens is 382 g/mol. The minimum Gasteiger partial charge on any atom is -0.380 e. The molecule has 1 aliphatic rings. The van der Waals surface area contributed by atoms with E-state index in [-0.39, 0.29) is 12.3 Å². The first kappa shape index (κ1) is 18.8. The van der Waals surface area contributed by atoms with E-state index >= 15 is 0 Å². The van der Waals surface area contributed by atoms with Gasteiger partial charge in [-0.25, -0.2) is 8.78 Å². The number of nitrogens with one attached hydrogen (secondary N) is 1. The Balaban J connectivity index is 1.74. The number of anilines is 2.